The molecule has 0 aromatic carbocycles. The Kier molecular flexibility index (Phi) is 5.07. The molecule has 0 spiro atoms. The molecular weight excluding hydrogens is 344 g/mol. The van der Waals surface area contributed by atoms with Crippen LogP contribution in [-0.4, -0.2) is 21.4 Å². The first-order chi connectivity index (χ1) is 12.9. The molecule has 4 aliphatic rings. The van der Waals surface area contributed by atoms with Crippen LogP contribution in [0.2, 0.25) is 0 Å². The van der Waals surface area contributed by atoms with Crippen LogP contribution in [0.1, 0.15) is 106 Å². The number of fused-ring (bicyclic) bond motifs is 5. The summed E-state index contributed by atoms with van der Waals surface area (Å²) in [4.78, 5) is 0. The third-order valence-electron chi connectivity index (χ3n) is 11.3. The van der Waals surface area contributed by atoms with Crippen LogP contribution in [0.25, 0.3) is 0 Å². The summed E-state index contributed by atoms with van der Waals surface area (Å²) < 4.78 is 0. The fourth-order valence-corrected chi connectivity index (χ4v) is 9.00. The monoisotopic (exact) mass is 390 g/mol. The molecule has 2 nitrogen and oxygen atoms in total. The molecule has 9 atom stereocenters. The Balaban J connectivity index is 1.57. The van der Waals surface area contributed by atoms with E-state index in [-0.39, 0.29) is 5.60 Å². The normalized spacial score (nSPS) is 52.5. The number of hydrogen-bond acceptors (Lipinski definition) is 2. The van der Waals surface area contributed by atoms with Gasteiger partial charge in [0.15, 0.2) is 0 Å². The molecule has 0 bridgehead atoms. The molecule has 0 amide bonds. The van der Waals surface area contributed by atoms with E-state index in [2.05, 4.69) is 27.7 Å². The highest BCUT2D eigenvalue weighted by Crippen LogP contribution is 2.69. The topological polar surface area (TPSA) is 40.5 Å². The van der Waals surface area contributed by atoms with Crippen LogP contribution < -0.4 is 0 Å². The van der Waals surface area contributed by atoms with Crippen molar-refractivity contribution >= 4 is 0 Å². The van der Waals surface area contributed by atoms with Gasteiger partial charge >= 0.3 is 0 Å². The number of hydrogen-bond donors (Lipinski definition) is 2. The summed E-state index contributed by atoms with van der Waals surface area (Å²) in [5.74, 6) is 4.37. The van der Waals surface area contributed by atoms with Crippen molar-refractivity contribution in [3.05, 3.63) is 0 Å². The minimum absolute atomic E-state index is 0.375. The first kappa shape index (κ1) is 21.2. The largest absolute Gasteiger partial charge is 0.390 e. The van der Waals surface area contributed by atoms with E-state index >= 15 is 0 Å². The van der Waals surface area contributed by atoms with E-state index in [4.69, 9.17) is 0 Å². The molecular formula is C26H46O2. The van der Waals surface area contributed by atoms with Gasteiger partial charge in [-0.15, -0.1) is 0 Å². The zero-order valence-electron chi connectivity index (χ0n) is 19.4. The molecule has 0 aliphatic heterocycles. The van der Waals surface area contributed by atoms with Crippen molar-refractivity contribution in [1.29, 1.82) is 0 Å². The summed E-state index contributed by atoms with van der Waals surface area (Å²) in [5.41, 5.74) is -0.0912. The third-order valence-corrected chi connectivity index (χ3v) is 11.3. The minimum atomic E-state index is -0.572. The average molecular weight is 391 g/mol. The van der Waals surface area contributed by atoms with Crippen LogP contribution in [0.15, 0.2) is 0 Å². The van der Waals surface area contributed by atoms with E-state index in [9.17, 15) is 10.2 Å². The van der Waals surface area contributed by atoms with Gasteiger partial charge in [0.05, 0.1) is 11.2 Å². The Bertz CT molecular complexity index is 594. The quantitative estimate of drug-likeness (QED) is 0.603. The van der Waals surface area contributed by atoms with Crippen molar-refractivity contribution in [1.82, 2.24) is 0 Å². The number of rotatable bonds is 3. The Morgan fingerprint density at radius 2 is 1.61 bits per heavy atom. The molecule has 0 heterocycles. The van der Waals surface area contributed by atoms with Gasteiger partial charge in [0.1, 0.15) is 0 Å². The Labute approximate surface area is 173 Å². The third kappa shape index (κ3) is 3.03. The predicted molar refractivity (Wildman–Crippen MR) is 116 cm³/mol. The molecule has 0 saturated heterocycles. The first-order valence-electron chi connectivity index (χ1n) is 12.4. The summed E-state index contributed by atoms with van der Waals surface area (Å²) in [6, 6.07) is 0. The van der Waals surface area contributed by atoms with Gasteiger partial charge in [-0.05, 0) is 124 Å². The highest BCUT2D eigenvalue weighted by atomic mass is 16.3. The van der Waals surface area contributed by atoms with Gasteiger partial charge in [-0.1, -0.05) is 27.7 Å². The molecule has 4 fully saturated rings. The van der Waals surface area contributed by atoms with Crippen LogP contribution >= 0.6 is 0 Å². The minimum Gasteiger partial charge on any atom is -0.390 e. The van der Waals surface area contributed by atoms with E-state index in [1.54, 1.807) is 0 Å². The summed E-state index contributed by atoms with van der Waals surface area (Å²) in [6.07, 6.45) is 12.3. The molecule has 0 unspecified atom stereocenters. The highest BCUT2D eigenvalue weighted by Gasteiger charge is 2.62. The standard InChI is InChI=1S/C26H46O2/c1-7-26(28)15-14-24(5)18(16-26)8-9-19-21-11-10-20(17(2)23(3,4)27)25(21,6)13-12-22(19)24/h17-22,27-28H,7-16H2,1-6H3/t17-,18-,19-,20+,21-,22-,24-,25+,26-/m0/s1. The van der Waals surface area contributed by atoms with Gasteiger partial charge in [-0.2, -0.15) is 0 Å². The molecule has 4 saturated carbocycles. The summed E-state index contributed by atoms with van der Waals surface area (Å²) in [5, 5.41) is 21.7. The average Bonchev–Trinajstić information content (AvgIpc) is 2.98. The summed E-state index contributed by atoms with van der Waals surface area (Å²) in [6.45, 7) is 13.7. The first-order valence-corrected chi connectivity index (χ1v) is 12.4. The van der Waals surface area contributed by atoms with Gasteiger partial charge in [-0.3, -0.25) is 0 Å². The molecule has 4 rings (SSSR count). The lowest BCUT2D eigenvalue weighted by Gasteiger charge is -2.62. The molecule has 4 aliphatic carbocycles. The zero-order valence-corrected chi connectivity index (χ0v) is 19.4. The van der Waals surface area contributed by atoms with Crippen molar-refractivity contribution in [2.75, 3.05) is 0 Å². The van der Waals surface area contributed by atoms with Crippen LogP contribution in [0.4, 0.5) is 0 Å². The van der Waals surface area contributed by atoms with Crippen molar-refractivity contribution < 1.29 is 10.2 Å². The Morgan fingerprint density at radius 1 is 0.929 bits per heavy atom. The van der Waals surface area contributed by atoms with Gasteiger partial charge < -0.3 is 10.2 Å². The van der Waals surface area contributed by atoms with Crippen molar-refractivity contribution in [2.45, 2.75) is 117 Å². The van der Waals surface area contributed by atoms with Crippen LogP contribution in [0.3, 0.4) is 0 Å². The second kappa shape index (κ2) is 6.71. The molecule has 2 N–H and O–H groups in total. The van der Waals surface area contributed by atoms with Crippen LogP contribution in [-0.2, 0) is 0 Å². The van der Waals surface area contributed by atoms with Gasteiger partial charge in [-0.25, -0.2) is 0 Å². The van der Waals surface area contributed by atoms with Crippen molar-refractivity contribution in [3.8, 4) is 0 Å². The molecule has 0 aromatic rings. The Hall–Kier alpha value is -0.0800. The van der Waals surface area contributed by atoms with Crippen molar-refractivity contribution in [2.24, 2.45) is 46.3 Å². The maximum absolute atomic E-state index is 11.0. The predicted octanol–water partition coefficient (Wildman–Crippen LogP) is 6.19. The molecule has 2 heteroatoms. The maximum Gasteiger partial charge on any atom is 0.0648 e. The maximum atomic E-state index is 11.0. The van der Waals surface area contributed by atoms with Gasteiger partial charge in [0, 0.05) is 0 Å². The van der Waals surface area contributed by atoms with Crippen LogP contribution in [0.5, 0.6) is 0 Å². The van der Waals surface area contributed by atoms with E-state index in [0.29, 0.717) is 22.7 Å². The van der Waals surface area contributed by atoms with Crippen LogP contribution in [0, 0.1) is 46.3 Å². The van der Waals surface area contributed by atoms with Crippen molar-refractivity contribution in [3.63, 3.8) is 0 Å². The molecule has 0 radical (unpaired) electrons. The molecule has 162 valence electrons. The molecule has 28 heavy (non-hydrogen) atoms. The van der Waals surface area contributed by atoms with E-state index in [1.165, 1.54) is 44.9 Å². The highest BCUT2D eigenvalue weighted by molar-refractivity contribution is 5.11. The summed E-state index contributed by atoms with van der Waals surface area (Å²) >= 11 is 0. The fourth-order valence-electron chi connectivity index (χ4n) is 9.00. The molecule has 0 aromatic heterocycles. The second-order valence-corrected chi connectivity index (χ2v) is 12.6. The zero-order chi connectivity index (χ0) is 20.5. The lowest BCUT2D eigenvalue weighted by molar-refractivity contribution is -0.156. The number of aliphatic hydroxyl groups is 2. The van der Waals surface area contributed by atoms with Gasteiger partial charge in [0.25, 0.3) is 0 Å². The lowest BCUT2D eigenvalue weighted by atomic mass is 9.43. The lowest BCUT2D eigenvalue weighted by Crippen LogP contribution is -2.56. The fraction of sp³-hybridized carbons (Fsp3) is 1.00. The van der Waals surface area contributed by atoms with E-state index < -0.39 is 5.60 Å². The Morgan fingerprint density at radius 3 is 2.25 bits per heavy atom. The van der Waals surface area contributed by atoms with E-state index in [0.717, 1.165) is 42.9 Å². The second-order valence-electron chi connectivity index (χ2n) is 12.6. The van der Waals surface area contributed by atoms with Gasteiger partial charge in [0.2, 0.25) is 0 Å². The smallest absolute Gasteiger partial charge is 0.0648 e. The summed E-state index contributed by atoms with van der Waals surface area (Å²) in [7, 11) is 0. The van der Waals surface area contributed by atoms with E-state index in [1.807, 2.05) is 13.8 Å². The SMILES string of the molecule is CC[C@]1(O)CC[C@@]2(C)[C@@H](CC[C@@H]3[C@@H]2CC[C@]2(C)[C@@H]([C@H](C)C(C)(C)O)CC[C@@H]32)C1.